The summed E-state index contributed by atoms with van der Waals surface area (Å²) in [5.41, 5.74) is 1.38. The van der Waals surface area contributed by atoms with Gasteiger partial charge in [-0.05, 0) is 19.1 Å². The highest BCUT2D eigenvalue weighted by molar-refractivity contribution is 5.48. The Hall–Kier alpha value is -1.33. The van der Waals surface area contributed by atoms with E-state index in [0.29, 0.717) is 30.2 Å². The van der Waals surface area contributed by atoms with E-state index in [1.165, 1.54) is 14.0 Å². The van der Waals surface area contributed by atoms with Crippen LogP contribution in [0, 0.1) is 0 Å². The van der Waals surface area contributed by atoms with Crippen LogP contribution in [0.3, 0.4) is 0 Å². The smallest absolute Gasteiger partial charge is 0.126 e. The van der Waals surface area contributed by atoms with Gasteiger partial charge < -0.3 is 19.5 Å². The lowest BCUT2D eigenvalue weighted by Crippen LogP contribution is -2.33. The monoisotopic (exact) mass is 269 g/mol. The summed E-state index contributed by atoms with van der Waals surface area (Å²) in [5, 5.41) is 3.26. The molecule has 0 amide bonds. The molecule has 1 aromatic carbocycles. The Balaban J connectivity index is 2.41. The van der Waals surface area contributed by atoms with Crippen molar-refractivity contribution in [1.82, 2.24) is 5.32 Å². The minimum atomic E-state index is -1.11. The fourth-order valence-corrected chi connectivity index (χ4v) is 2.27. The summed E-state index contributed by atoms with van der Waals surface area (Å²) >= 11 is 0. The van der Waals surface area contributed by atoms with Crippen LogP contribution in [0.1, 0.15) is 30.3 Å². The van der Waals surface area contributed by atoms with Gasteiger partial charge in [0, 0.05) is 24.2 Å². The minimum Gasteiger partial charge on any atom is -0.496 e. The van der Waals surface area contributed by atoms with Crippen molar-refractivity contribution in [2.75, 3.05) is 33.9 Å². The molecule has 106 valence electrons. The second-order valence-corrected chi connectivity index (χ2v) is 4.52. The molecule has 0 aromatic heterocycles. The van der Waals surface area contributed by atoms with Crippen molar-refractivity contribution in [3.63, 3.8) is 0 Å². The average Bonchev–Trinajstić information content (AvgIpc) is 2.46. The van der Waals surface area contributed by atoms with Gasteiger partial charge >= 0.3 is 0 Å². The van der Waals surface area contributed by atoms with Crippen molar-refractivity contribution >= 4 is 0 Å². The number of alkyl halides is 1. The zero-order chi connectivity index (χ0) is 13.8. The van der Waals surface area contributed by atoms with Crippen LogP contribution >= 0.6 is 0 Å². The first-order chi connectivity index (χ1) is 9.17. The summed E-state index contributed by atoms with van der Waals surface area (Å²) in [6, 6.07) is 3.50. The Bertz CT molecular complexity index is 431. The summed E-state index contributed by atoms with van der Waals surface area (Å²) < 4.78 is 29.9. The zero-order valence-electron chi connectivity index (χ0n) is 11.5. The predicted molar refractivity (Wildman–Crippen MR) is 70.6 cm³/mol. The summed E-state index contributed by atoms with van der Waals surface area (Å²) in [7, 11) is 3.12. The number of methoxy groups -OCH3 is 2. The number of ether oxygens (including phenoxy) is 3. The largest absolute Gasteiger partial charge is 0.496 e. The van der Waals surface area contributed by atoms with Crippen LogP contribution in [0.25, 0.3) is 0 Å². The van der Waals surface area contributed by atoms with Gasteiger partial charge in [-0.15, -0.1) is 0 Å². The van der Waals surface area contributed by atoms with Crippen LogP contribution in [0.2, 0.25) is 0 Å². The van der Waals surface area contributed by atoms with Crippen molar-refractivity contribution < 1.29 is 18.6 Å². The van der Waals surface area contributed by atoms with Crippen LogP contribution in [-0.4, -0.2) is 33.9 Å². The molecule has 19 heavy (non-hydrogen) atoms. The Morgan fingerprint density at radius 1 is 1.32 bits per heavy atom. The van der Waals surface area contributed by atoms with Gasteiger partial charge in [0.05, 0.1) is 26.9 Å². The molecule has 2 atom stereocenters. The van der Waals surface area contributed by atoms with Gasteiger partial charge in [-0.3, -0.25) is 0 Å². The summed E-state index contributed by atoms with van der Waals surface area (Å²) in [4.78, 5) is 0. The Morgan fingerprint density at radius 3 is 2.58 bits per heavy atom. The molecule has 0 radical (unpaired) electrons. The van der Waals surface area contributed by atoms with Gasteiger partial charge in [-0.25, -0.2) is 4.39 Å². The number of rotatable bonds is 4. The SMILES string of the molecule is COc1cc(C2CNCCO2)c(OC)cc1C(C)F. The maximum Gasteiger partial charge on any atom is 0.126 e. The lowest BCUT2D eigenvalue weighted by Gasteiger charge is -2.26. The topological polar surface area (TPSA) is 39.7 Å². The molecule has 1 aliphatic rings. The Labute approximate surface area is 112 Å². The van der Waals surface area contributed by atoms with Gasteiger partial charge in [0.15, 0.2) is 0 Å². The zero-order valence-corrected chi connectivity index (χ0v) is 11.5. The lowest BCUT2D eigenvalue weighted by molar-refractivity contribution is 0.0261. The van der Waals surface area contributed by atoms with Crippen LogP contribution in [0.15, 0.2) is 12.1 Å². The van der Waals surface area contributed by atoms with Gasteiger partial charge in [0.25, 0.3) is 0 Å². The number of benzene rings is 1. The van der Waals surface area contributed by atoms with Crippen LogP contribution < -0.4 is 14.8 Å². The molecular weight excluding hydrogens is 249 g/mol. The molecule has 4 nitrogen and oxygen atoms in total. The number of nitrogens with one attached hydrogen (secondary N) is 1. The highest BCUT2D eigenvalue weighted by atomic mass is 19.1. The quantitative estimate of drug-likeness (QED) is 0.911. The third-order valence-electron chi connectivity index (χ3n) is 3.29. The molecule has 1 aliphatic heterocycles. The maximum atomic E-state index is 13.6. The normalized spacial score (nSPS) is 20.9. The van der Waals surface area contributed by atoms with E-state index < -0.39 is 6.17 Å². The fraction of sp³-hybridized carbons (Fsp3) is 0.571. The molecule has 1 N–H and O–H groups in total. The van der Waals surface area contributed by atoms with E-state index in [2.05, 4.69) is 5.32 Å². The number of hydrogen-bond donors (Lipinski definition) is 1. The van der Waals surface area contributed by atoms with Crippen LogP contribution in [0.4, 0.5) is 4.39 Å². The predicted octanol–water partition coefficient (Wildman–Crippen LogP) is 2.40. The van der Waals surface area contributed by atoms with Crippen molar-refractivity contribution in [3.8, 4) is 11.5 Å². The molecule has 5 heteroatoms. The van der Waals surface area contributed by atoms with E-state index in [0.717, 1.165) is 12.1 Å². The second-order valence-electron chi connectivity index (χ2n) is 4.52. The van der Waals surface area contributed by atoms with Crippen LogP contribution in [-0.2, 0) is 4.74 Å². The highest BCUT2D eigenvalue weighted by Gasteiger charge is 2.23. The van der Waals surface area contributed by atoms with Gasteiger partial charge in [-0.1, -0.05) is 0 Å². The number of hydrogen-bond acceptors (Lipinski definition) is 4. The van der Waals surface area contributed by atoms with Gasteiger partial charge in [-0.2, -0.15) is 0 Å². The molecule has 0 bridgehead atoms. The lowest BCUT2D eigenvalue weighted by atomic mass is 10.0. The van der Waals surface area contributed by atoms with E-state index in [1.807, 2.05) is 6.07 Å². The molecule has 0 saturated carbocycles. The van der Waals surface area contributed by atoms with E-state index in [-0.39, 0.29) is 6.10 Å². The Kier molecular flexibility index (Phi) is 4.61. The van der Waals surface area contributed by atoms with E-state index >= 15 is 0 Å². The van der Waals surface area contributed by atoms with E-state index in [4.69, 9.17) is 14.2 Å². The summed E-state index contributed by atoms with van der Waals surface area (Å²) in [6.45, 7) is 3.69. The molecule has 1 aromatic rings. The first-order valence-corrected chi connectivity index (χ1v) is 6.39. The maximum absolute atomic E-state index is 13.6. The third kappa shape index (κ3) is 2.98. The number of morpholine rings is 1. The van der Waals surface area contributed by atoms with E-state index in [1.54, 1.807) is 13.2 Å². The van der Waals surface area contributed by atoms with Gasteiger partial charge in [0.1, 0.15) is 17.7 Å². The molecule has 1 heterocycles. The van der Waals surface area contributed by atoms with E-state index in [9.17, 15) is 4.39 Å². The first-order valence-electron chi connectivity index (χ1n) is 6.39. The molecular formula is C14H20FNO3. The second kappa shape index (κ2) is 6.21. The van der Waals surface area contributed by atoms with Gasteiger partial charge in [0.2, 0.25) is 0 Å². The highest BCUT2D eigenvalue weighted by Crippen LogP contribution is 2.38. The molecule has 1 saturated heterocycles. The first kappa shape index (κ1) is 14.1. The third-order valence-corrected chi connectivity index (χ3v) is 3.29. The van der Waals surface area contributed by atoms with Crippen molar-refractivity contribution in [2.24, 2.45) is 0 Å². The van der Waals surface area contributed by atoms with Crippen molar-refractivity contribution in [1.29, 1.82) is 0 Å². The summed E-state index contributed by atoms with van der Waals surface area (Å²) in [6.07, 6.45) is -1.20. The average molecular weight is 269 g/mol. The molecule has 0 aliphatic carbocycles. The summed E-state index contributed by atoms with van der Waals surface area (Å²) in [5.74, 6) is 1.16. The standard InChI is InChI=1S/C14H20FNO3/c1-9(15)10-6-13(18-3)11(7-12(10)17-2)14-8-16-4-5-19-14/h6-7,9,14,16H,4-5,8H2,1-3H3. The minimum absolute atomic E-state index is 0.0958. The number of halogens is 1. The molecule has 0 spiro atoms. The Morgan fingerprint density at radius 2 is 2.05 bits per heavy atom. The fourth-order valence-electron chi connectivity index (χ4n) is 2.27. The molecule has 2 rings (SSSR count). The van der Waals surface area contributed by atoms with Crippen LogP contribution in [0.5, 0.6) is 11.5 Å². The van der Waals surface area contributed by atoms with Crippen molar-refractivity contribution in [3.05, 3.63) is 23.3 Å². The molecule has 1 fully saturated rings. The van der Waals surface area contributed by atoms with Crippen molar-refractivity contribution in [2.45, 2.75) is 19.2 Å². The molecule has 2 unspecified atom stereocenters.